The van der Waals surface area contributed by atoms with Crippen LogP contribution >= 0.6 is 0 Å². The number of aryl methyl sites for hydroxylation is 3. The van der Waals surface area contributed by atoms with Gasteiger partial charge in [0.25, 0.3) is 11.8 Å². The van der Waals surface area contributed by atoms with Crippen LogP contribution in [0.5, 0.6) is 0 Å². The maximum Gasteiger partial charge on any atom is 0.255 e. The normalized spacial score (nSPS) is 15.7. The molecule has 0 bridgehead atoms. The van der Waals surface area contributed by atoms with Crippen LogP contribution in [0.25, 0.3) is 22.1 Å². The topological polar surface area (TPSA) is 144 Å². The lowest BCUT2D eigenvalue weighted by molar-refractivity contribution is 0.0927. The molecule has 4 N–H and O–H groups in total. The molecule has 2 fully saturated rings. The molecule has 2 atom stereocenters. The highest BCUT2D eigenvalue weighted by Gasteiger charge is 2.26. The monoisotopic (exact) mass is 867 g/mol. The van der Waals surface area contributed by atoms with Crippen LogP contribution < -0.4 is 21.3 Å². The average molecular weight is 867 g/mol. The zero-order valence-corrected chi connectivity index (χ0v) is 39.2. The van der Waals surface area contributed by atoms with Crippen molar-refractivity contribution in [3.8, 4) is 0 Å². The lowest BCUT2D eigenvalue weighted by Crippen LogP contribution is -2.30. The van der Waals surface area contributed by atoms with Crippen molar-refractivity contribution in [3.05, 3.63) is 107 Å². The van der Waals surface area contributed by atoms with Gasteiger partial charge in [-0.05, 0) is 81.9 Å². The highest BCUT2D eigenvalue weighted by Crippen LogP contribution is 2.33. The Kier molecular flexibility index (Phi) is 15.7. The minimum Gasteiger partial charge on any atom is -0.381 e. The number of nitrogens with zero attached hydrogens (tertiary/aromatic N) is 6. The largest absolute Gasteiger partial charge is 0.381 e. The van der Waals surface area contributed by atoms with Crippen LogP contribution in [0.15, 0.2) is 73.3 Å². The van der Waals surface area contributed by atoms with Crippen molar-refractivity contribution in [2.45, 2.75) is 169 Å². The average Bonchev–Trinajstić information content (AvgIpc) is 3.96. The molecule has 0 radical (unpaired) electrons. The first-order valence-electron chi connectivity index (χ1n) is 24.1. The maximum absolute atomic E-state index is 13.5. The van der Waals surface area contributed by atoms with E-state index >= 15 is 0 Å². The van der Waals surface area contributed by atoms with Gasteiger partial charge in [-0.25, -0.2) is 19.3 Å². The van der Waals surface area contributed by atoms with Crippen molar-refractivity contribution in [1.29, 1.82) is 0 Å². The van der Waals surface area contributed by atoms with E-state index in [2.05, 4.69) is 138 Å². The van der Waals surface area contributed by atoms with Gasteiger partial charge in [0.2, 0.25) is 0 Å². The summed E-state index contributed by atoms with van der Waals surface area (Å²) >= 11 is 0. The van der Waals surface area contributed by atoms with Gasteiger partial charge in [-0.15, -0.1) is 0 Å². The fourth-order valence-electron chi connectivity index (χ4n) is 9.30. The molecule has 4 heterocycles. The first-order chi connectivity index (χ1) is 31.1. The van der Waals surface area contributed by atoms with Crippen LogP contribution in [0.3, 0.4) is 0 Å². The van der Waals surface area contributed by atoms with Crippen molar-refractivity contribution in [2.24, 2.45) is 0 Å². The summed E-state index contributed by atoms with van der Waals surface area (Å²) in [6.45, 7) is 16.3. The van der Waals surface area contributed by atoms with Crippen LogP contribution in [-0.4, -0.2) is 53.4 Å². The summed E-state index contributed by atoms with van der Waals surface area (Å²) in [5, 5.41) is 24.7. The summed E-state index contributed by atoms with van der Waals surface area (Å²) in [5.41, 5.74) is 9.35. The predicted octanol–water partition coefficient (Wildman–Crippen LogP) is 11.6. The van der Waals surface area contributed by atoms with E-state index in [1.165, 1.54) is 49.7 Å². The molecule has 6 aromatic rings. The lowest BCUT2D eigenvalue weighted by atomic mass is 9.95. The Bertz CT molecular complexity index is 2460. The summed E-state index contributed by atoms with van der Waals surface area (Å²) in [4.78, 5) is 36.2. The Labute approximate surface area is 379 Å². The number of rotatable bonds is 15. The number of hydrogen-bond acceptors (Lipinski definition) is 8. The second kappa shape index (κ2) is 21.7. The molecule has 2 aliphatic rings. The van der Waals surface area contributed by atoms with Gasteiger partial charge in [0, 0.05) is 37.6 Å². The summed E-state index contributed by atoms with van der Waals surface area (Å²) in [6, 6.07) is 17.7. The minimum absolute atomic E-state index is 0.0373. The van der Waals surface area contributed by atoms with Crippen molar-refractivity contribution >= 4 is 45.3 Å². The number of carbonyl (C=O) groups excluding carboxylic acids is 2. The molecular weight excluding hydrogens is 797 g/mol. The van der Waals surface area contributed by atoms with Crippen molar-refractivity contribution in [2.75, 3.05) is 10.6 Å². The van der Waals surface area contributed by atoms with Gasteiger partial charge in [0.15, 0.2) is 11.3 Å². The zero-order valence-electron chi connectivity index (χ0n) is 39.2. The SMILES string of the molecule is CCC(NC(=O)c1cnc2c(cnn2CC)c1NC1CCCCC1)c1ccc(C(C)C)cc1.CCC(NC(=O)c1cnc2c(cnn2CC)c1NC1CCCCC1)c1ccc(C)cc1. The third-order valence-electron chi connectivity index (χ3n) is 13.2. The molecular formula is C52H70N10O2. The fourth-order valence-corrected chi connectivity index (χ4v) is 9.30. The number of anilines is 2. The number of amides is 2. The Hall–Kier alpha value is -5.78. The quantitative estimate of drug-likeness (QED) is 0.0799. The van der Waals surface area contributed by atoms with Gasteiger partial charge in [-0.2, -0.15) is 10.2 Å². The molecule has 4 aromatic heterocycles. The first-order valence-corrected chi connectivity index (χ1v) is 24.1. The smallest absolute Gasteiger partial charge is 0.255 e. The number of carbonyl (C=O) groups is 2. The Balaban J connectivity index is 0.000000192. The molecule has 0 saturated heterocycles. The van der Waals surface area contributed by atoms with Crippen molar-refractivity contribution in [1.82, 2.24) is 40.2 Å². The highest BCUT2D eigenvalue weighted by molar-refractivity contribution is 6.07. The van der Waals surface area contributed by atoms with Gasteiger partial charge >= 0.3 is 0 Å². The van der Waals surface area contributed by atoms with Gasteiger partial charge in [-0.3, -0.25) is 9.59 Å². The second-order valence-corrected chi connectivity index (χ2v) is 18.0. The van der Waals surface area contributed by atoms with E-state index in [1.807, 2.05) is 21.8 Å². The van der Waals surface area contributed by atoms with Crippen molar-refractivity contribution in [3.63, 3.8) is 0 Å². The fraction of sp³-hybridized carbons (Fsp3) is 0.500. The molecule has 8 rings (SSSR count). The number of fused-ring (bicyclic) bond motifs is 2. The molecule has 340 valence electrons. The molecule has 2 amide bonds. The molecule has 12 heteroatoms. The van der Waals surface area contributed by atoms with E-state index in [0.29, 0.717) is 29.1 Å². The zero-order chi connectivity index (χ0) is 45.2. The second-order valence-electron chi connectivity index (χ2n) is 18.0. The Morgan fingerprint density at radius 2 is 0.969 bits per heavy atom. The van der Waals surface area contributed by atoms with Gasteiger partial charge in [0.1, 0.15) is 0 Å². The first kappa shape index (κ1) is 46.2. The lowest BCUT2D eigenvalue weighted by Gasteiger charge is -2.26. The maximum atomic E-state index is 13.5. The van der Waals surface area contributed by atoms with E-state index in [4.69, 9.17) is 0 Å². The van der Waals surface area contributed by atoms with Crippen molar-refractivity contribution < 1.29 is 9.59 Å². The van der Waals surface area contributed by atoms with Crippen LogP contribution in [0, 0.1) is 6.92 Å². The molecule has 2 aliphatic carbocycles. The van der Waals surface area contributed by atoms with E-state index in [0.717, 1.165) is 96.2 Å². The number of aromatic nitrogens is 6. The molecule has 2 unspecified atom stereocenters. The number of hydrogen-bond donors (Lipinski definition) is 4. The molecule has 0 spiro atoms. The third kappa shape index (κ3) is 10.8. The number of nitrogens with one attached hydrogen (secondary N) is 4. The molecule has 12 nitrogen and oxygen atoms in total. The molecule has 2 saturated carbocycles. The number of benzene rings is 2. The predicted molar refractivity (Wildman–Crippen MR) is 260 cm³/mol. The van der Waals surface area contributed by atoms with Crippen LogP contribution in [0.1, 0.15) is 180 Å². The molecule has 2 aromatic carbocycles. The van der Waals surface area contributed by atoms with E-state index in [-0.39, 0.29) is 23.9 Å². The molecule has 64 heavy (non-hydrogen) atoms. The minimum atomic E-state index is -0.0932. The van der Waals surface area contributed by atoms with Crippen LogP contribution in [-0.2, 0) is 13.1 Å². The summed E-state index contributed by atoms with van der Waals surface area (Å²) in [6.07, 6.45) is 20.8. The van der Waals surface area contributed by atoms with Gasteiger partial charge < -0.3 is 21.3 Å². The van der Waals surface area contributed by atoms with Gasteiger partial charge in [0.05, 0.1) is 57.8 Å². The highest BCUT2D eigenvalue weighted by atomic mass is 16.2. The van der Waals surface area contributed by atoms with E-state index in [9.17, 15) is 9.59 Å². The van der Waals surface area contributed by atoms with E-state index < -0.39 is 0 Å². The summed E-state index contributed by atoms with van der Waals surface area (Å²) < 4.78 is 3.76. The third-order valence-corrected chi connectivity index (χ3v) is 13.2. The Morgan fingerprint density at radius 1 is 0.578 bits per heavy atom. The van der Waals surface area contributed by atoms with Crippen LogP contribution in [0.4, 0.5) is 11.4 Å². The summed E-state index contributed by atoms with van der Waals surface area (Å²) in [5.74, 6) is 0.306. The standard InChI is InChI=1S/C27H37N5O.C25H33N5O/c1-5-24(20-14-12-19(13-15-20)18(3)4)31-27(33)23-16-28-26-22(17-29-32(26)6-2)25(23)30-21-10-8-7-9-11-21;1-4-22(18-13-11-17(3)12-14-18)29-25(31)21-15-26-24-20(16-27-30(24)5-2)23(21)28-19-9-7-6-8-10-19/h12-18,21,24H,5-11H2,1-4H3,(H,28,30)(H,31,33);11-16,19,22H,4-10H2,1-3H3,(H,26,28)(H,29,31). The van der Waals surface area contributed by atoms with Crippen LogP contribution in [0.2, 0.25) is 0 Å². The molecule has 0 aliphatic heterocycles. The van der Waals surface area contributed by atoms with Gasteiger partial charge in [-0.1, -0.05) is 120 Å². The van der Waals surface area contributed by atoms with E-state index in [1.54, 1.807) is 12.4 Å². The number of pyridine rings is 2. The Morgan fingerprint density at radius 3 is 1.34 bits per heavy atom. The summed E-state index contributed by atoms with van der Waals surface area (Å²) in [7, 11) is 0.